The Bertz CT molecular complexity index is 826. The highest BCUT2D eigenvalue weighted by molar-refractivity contribution is 8.02. The summed E-state index contributed by atoms with van der Waals surface area (Å²) in [6.07, 6.45) is 0.163. The highest BCUT2D eigenvalue weighted by atomic mass is 35.5. The first-order chi connectivity index (χ1) is 12.2. The molecule has 0 spiro atoms. The van der Waals surface area contributed by atoms with Crippen molar-refractivity contribution < 1.29 is 9.59 Å². The fraction of sp³-hybridized carbons (Fsp3) is 0.353. The standard InChI is InChI=1S/C17H19Cl2N3O2S2/c1-8(12-5-4-11(18)6-13(12)19)21-16(24)10(3)25-17-22-9(2)14(26-17)7-15(20)23/h4-6,8,10H,7H2,1-3H3,(H2,20,23)(H,21,24). The van der Waals surface area contributed by atoms with Gasteiger partial charge < -0.3 is 11.1 Å². The highest BCUT2D eigenvalue weighted by Crippen LogP contribution is 2.31. The Morgan fingerprint density at radius 1 is 1.35 bits per heavy atom. The summed E-state index contributed by atoms with van der Waals surface area (Å²) in [6, 6.07) is 4.94. The summed E-state index contributed by atoms with van der Waals surface area (Å²) in [5, 5.41) is 3.65. The lowest BCUT2D eigenvalue weighted by molar-refractivity contribution is -0.121. The Balaban J connectivity index is 2.00. The van der Waals surface area contributed by atoms with Crippen molar-refractivity contribution in [2.24, 2.45) is 5.73 Å². The third-order valence-corrected chi connectivity index (χ3v) is 6.56. The number of primary amides is 1. The van der Waals surface area contributed by atoms with Crippen molar-refractivity contribution >= 4 is 58.1 Å². The van der Waals surface area contributed by atoms with Crippen LogP contribution in [-0.4, -0.2) is 22.0 Å². The quantitative estimate of drug-likeness (QED) is 0.644. The zero-order valence-corrected chi connectivity index (χ0v) is 17.7. The maximum absolute atomic E-state index is 12.5. The number of thioether (sulfide) groups is 1. The molecule has 26 heavy (non-hydrogen) atoms. The van der Waals surface area contributed by atoms with Gasteiger partial charge in [0.15, 0.2) is 4.34 Å². The number of aryl methyl sites for hydroxylation is 1. The number of carbonyl (C=O) groups is 2. The Kier molecular flexibility index (Phi) is 7.34. The molecule has 1 heterocycles. The van der Waals surface area contributed by atoms with E-state index in [9.17, 15) is 9.59 Å². The number of thiazole rings is 1. The molecule has 2 unspecified atom stereocenters. The SMILES string of the molecule is Cc1nc(SC(C)C(=O)NC(C)c2ccc(Cl)cc2Cl)sc1CC(N)=O. The summed E-state index contributed by atoms with van der Waals surface area (Å²) < 4.78 is 0.735. The van der Waals surface area contributed by atoms with Gasteiger partial charge in [-0.15, -0.1) is 11.3 Å². The molecule has 1 aromatic heterocycles. The minimum Gasteiger partial charge on any atom is -0.369 e. The van der Waals surface area contributed by atoms with Crippen LogP contribution in [0.3, 0.4) is 0 Å². The van der Waals surface area contributed by atoms with Gasteiger partial charge in [0.05, 0.1) is 23.4 Å². The van der Waals surface area contributed by atoms with Crippen LogP contribution in [0.5, 0.6) is 0 Å². The number of aromatic nitrogens is 1. The van der Waals surface area contributed by atoms with Gasteiger partial charge >= 0.3 is 0 Å². The monoisotopic (exact) mass is 431 g/mol. The van der Waals surface area contributed by atoms with Crippen molar-refractivity contribution in [3.8, 4) is 0 Å². The van der Waals surface area contributed by atoms with Gasteiger partial charge in [-0.05, 0) is 38.5 Å². The molecule has 0 aliphatic heterocycles. The second-order valence-corrected chi connectivity index (χ2v) is 9.30. The topological polar surface area (TPSA) is 85.1 Å². The first-order valence-electron chi connectivity index (χ1n) is 7.84. The van der Waals surface area contributed by atoms with Crippen LogP contribution in [0.2, 0.25) is 10.0 Å². The van der Waals surface area contributed by atoms with E-state index in [1.807, 2.05) is 13.8 Å². The Morgan fingerprint density at radius 3 is 2.65 bits per heavy atom. The summed E-state index contributed by atoms with van der Waals surface area (Å²) in [5.41, 5.74) is 6.80. The Labute approximate surface area is 170 Å². The van der Waals surface area contributed by atoms with Crippen LogP contribution >= 0.6 is 46.3 Å². The normalized spacial score (nSPS) is 13.3. The van der Waals surface area contributed by atoms with Crippen LogP contribution in [0.1, 0.15) is 36.0 Å². The molecule has 0 aliphatic carbocycles. The van der Waals surface area contributed by atoms with Crippen LogP contribution in [0, 0.1) is 6.92 Å². The summed E-state index contributed by atoms with van der Waals surface area (Å²) in [6.45, 7) is 5.50. The maximum Gasteiger partial charge on any atom is 0.233 e. The number of nitrogens with one attached hydrogen (secondary N) is 1. The molecular formula is C17H19Cl2N3O2S2. The van der Waals surface area contributed by atoms with Crippen molar-refractivity contribution in [3.05, 3.63) is 44.4 Å². The van der Waals surface area contributed by atoms with Gasteiger partial charge in [0.2, 0.25) is 11.8 Å². The van der Waals surface area contributed by atoms with Crippen molar-refractivity contribution in [2.75, 3.05) is 0 Å². The summed E-state index contributed by atoms with van der Waals surface area (Å²) in [5.74, 6) is -0.523. The van der Waals surface area contributed by atoms with Gasteiger partial charge in [0.25, 0.3) is 0 Å². The fourth-order valence-corrected chi connectivity index (χ4v) is 5.21. The number of hydrogen-bond acceptors (Lipinski definition) is 5. The molecule has 9 heteroatoms. The van der Waals surface area contributed by atoms with E-state index in [0.717, 1.165) is 20.5 Å². The number of rotatable bonds is 7. The zero-order chi connectivity index (χ0) is 19.4. The maximum atomic E-state index is 12.5. The predicted octanol–water partition coefficient (Wildman–Crippen LogP) is 4.14. The fourth-order valence-electron chi connectivity index (χ4n) is 2.24. The van der Waals surface area contributed by atoms with E-state index in [0.29, 0.717) is 10.0 Å². The van der Waals surface area contributed by atoms with E-state index >= 15 is 0 Å². The first kappa shape index (κ1) is 21.0. The minimum atomic E-state index is -0.396. The summed E-state index contributed by atoms with van der Waals surface area (Å²) in [7, 11) is 0. The van der Waals surface area contributed by atoms with E-state index in [1.165, 1.54) is 23.1 Å². The molecule has 3 N–H and O–H groups in total. The largest absolute Gasteiger partial charge is 0.369 e. The Morgan fingerprint density at radius 2 is 2.04 bits per heavy atom. The van der Waals surface area contributed by atoms with Crippen LogP contribution in [0.4, 0.5) is 0 Å². The zero-order valence-electron chi connectivity index (χ0n) is 14.5. The summed E-state index contributed by atoms with van der Waals surface area (Å²) in [4.78, 5) is 28.8. The predicted molar refractivity (Wildman–Crippen MR) is 108 cm³/mol. The average Bonchev–Trinajstić information content (AvgIpc) is 2.85. The molecule has 0 saturated heterocycles. The molecule has 140 valence electrons. The molecule has 0 bridgehead atoms. The van der Waals surface area contributed by atoms with E-state index in [4.69, 9.17) is 28.9 Å². The summed E-state index contributed by atoms with van der Waals surface area (Å²) >= 11 is 14.8. The smallest absolute Gasteiger partial charge is 0.233 e. The van der Waals surface area contributed by atoms with Gasteiger partial charge in [0.1, 0.15) is 0 Å². The van der Waals surface area contributed by atoms with Gasteiger partial charge in [-0.1, -0.05) is 41.0 Å². The van der Waals surface area contributed by atoms with E-state index in [-0.39, 0.29) is 23.6 Å². The third-order valence-electron chi connectivity index (χ3n) is 3.64. The number of hydrogen-bond donors (Lipinski definition) is 2. The van der Waals surface area contributed by atoms with Crippen molar-refractivity contribution in [2.45, 2.75) is 42.8 Å². The number of carbonyl (C=O) groups excluding carboxylic acids is 2. The molecule has 2 rings (SSSR count). The average molecular weight is 432 g/mol. The molecule has 2 aromatic rings. The van der Waals surface area contributed by atoms with Crippen molar-refractivity contribution in [1.82, 2.24) is 10.3 Å². The van der Waals surface area contributed by atoms with Crippen LogP contribution in [0.25, 0.3) is 0 Å². The molecule has 0 aliphatic rings. The lowest BCUT2D eigenvalue weighted by atomic mass is 10.1. The minimum absolute atomic E-state index is 0.127. The molecule has 0 fully saturated rings. The van der Waals surface area contributed by atoms with Gasteiger partial charge in [-0.3, -0.25) is 9.59 Å². The number of amides is 2. The molecule has 0 saturated carbocycles. The van der Waals surface area contributed by atoms with E-state index < -0.39 is 5.91 Å². The highest BCUT2D eigenvalue weighted by Gasteiger charge is 2.21. The van der Waals surface area contributed by atoms with Gasteiger partial charge in [-0.2, -0.15) is 0 Å². The van der Waals surface area contributed by atoms with Gasteiger partial charge in [0, 0.05) is 14.9 Å². The van der Waals surface area contributed by atoms with Crippen LogP contribution in [-0.2, 0) is 16.0 Å². The number of nitrogens with two attached hydrogens (primary N) is 1. The molecular weight excluding hydrogens is 413 g/mol. The molecule has 1 aromatic carbocycles. The van der Waals surface area contributed by atoms with E-state index in [2.05, 4.69) is 10.3 Å². The van der Waals surface area contributed by atoms with Gasteiger partial charge in [-0.25, -0.2) is 4.98 Å². The molecule has 0 radical (unpaired) electrons. The second-order valence-electron chi connectivity index (χ2n) is 5.79. The van der Waals surface area contributed by atoms with Crippen molar-refractivity contribution in [3.63, 3.8) is 0 Å². The molecule has 2 amide bonds. The molecule has 2 atom stereocenters. The van der Waals surface area contributed by atoms with E-state index in [1.54, 1.807) is 25.1 Å². The lowest BCUT2D eigenvalue weighted by Crippen LogP contribution is -2.33. The lowest BCUT2D eigenvalue weighted by Gasteiger charge is -2.18. The number of halogens is 2. The second kappa shape index (κ2) is 9.08. The Hall–Kier alpha value is -1.28. The molecule has 5 nitrogen and oxygen atoms in total. The van der Waals surface area contributed by atoms with Crippen LogP contribution < -0.4 is 11.1 Å². The number of nitrogens with zero attached hydrogens (tertiary/aromatic N) is 1. The van der Waals surface area contributed by atoms with Crippen LogP contribution in [0.15, 0.2) is 22.5 Å². The first-order valence-corrected chi connectivity index (χ1v) is 10.3. The third kappa shape index (κ3) is 5.61. The number of benzene rings is 1. The van der Waals surface area contributed by atoms with Crippen molar-refractivity contribution in [1.29, 1.82) is 0 Å².